The average Bonchev–Trinajstić information content (AvgIpc) is 2.95. The molecule has 1 saturated carbocycles. The lowest BCUT2D eigenvalue weighted by Gasteiger charge is -2.20. The molecule has 2 atom stereocenters. The molecule has 0 radical (unpaired) electrons. The molecular formula is C13H21ClN2OS. The lowest BCUT2D eigenvalue weighted by Crippen LogP contribution is -2.34. The Morgan fingerprint density at radius 3 is 2.89 bits per heavy atom. The SMILES string of the molecule is CN(CCc1cccs1)C(=O)C1CCC(N)C1.Cl. The molecule has 18 heavy (non-hydrogen) atoms. The fraction of sp³-hybridized carbons (Fsp3) is 0.615. The lowest BCUT2D eigenvalue weighted by atomic mass is 10.1. The average molecular weight is 289 g/mol. The second-order valence-corrected chi connectivity index (χ2v) is 5.89. The number of rotatable bonds is 4. The summed E-state index contributed by atoms with van der Waals surface area (Å²) in [7, 11) is 1.90. The van der Waals surface area contributed by atoms with Crippen molar-refractivity contribution in [3.63, 3.8) is 0 Å². The highest BCUT2D eigenvalue weighted by Gasteiger charge is 2.29. The van der Waals surface area contributed by atoms with Crippen LogP contribution < -0.4 is 5.73 Å². The molecular weight excluding hydrogens is 268 g/mol. The first kappa shape index (κ1) is 15.5. The van der Waals surface area contributed by atoms with E-state index in [1.807, 2.05) is 11.9 Å². The van der Waals surface area contributed by atoms with Gasteiger partial charge in [0.1, 0.15) is 0 Å². The molecule has 0 saturated heterocycles. The standard InChI is InChI=1S/C13H20N2OS.ClH/c1-15(7-6-12-3-2-8-17-12)13(16)10-4-5-11(14)9-10;/h2-3,8,10-11H,4-7,9,14H2,1H3;1H. The van der Waals surface area contributed by atoms with Gasteiger partial charge in [0.2, 0.25) is 5.91 Å². The number of carbonyl (C=O) groups excluding carboxylic acids is 1. The van der Waals surface area contributed by atoms with Crippen LogP contribution in [0.15, 0.2) is 17.5 Å². The van der Waals surface area contributed by atoms with Gasteiger partial charge in [-0.3, -0.25) is 4.79 Å². The molecule has 0 aromatic carbocycles. The number of hydrogen-bond acceptors (Lipinski definition) is 3. The van der Waals surface area contributed by atoms with Gasteiger partial charge in [-0.25, -0.2) is 0 Å². The van der Waals surface area contributed by atoms with Crippen molar-refractivity contribution in [3.05, 3.63) is 22.4 Å². The van der Waals surface area contributed by atoms with Crippen molar-refractivity contribution in [1.82, 2.24) is 4.90 Å². The largest absolute Gasteiger partial charge is 0.345 e. The quantitative estimate of drug-likeness (QED) is 0.924. The van der Waals surface area contributed by atoms with Gasteiger partial charge in [0.15, 0.2) is 0 Å². The van der Waals surface area contributed by atoms with Crippen molar-refractivity contribution >= 4 is 29.7 Å². The summed E-state index contributed by atoms with van der Waals surface area (Å²) in [5, 5.41) is 2.08. The van der Waals surface area contributed by atoms with Crippen molar-refractivity contribution in [2.45, 2.75) is 31.7 Å². The van der Waals surface area contributed by atoms with Crippen molar-refractivity contribution in [2.24, 2.45) is 11.7 Å². The summed E-state index contributed by atoms with van der Waals surface area (Å²) in [6.07, 6.45) is 3.78. The third-order valence-corrected chi connectivity index (χ3v) is 4.41. The second kappa shape index (κ2) is 7.12. The Morgan fingerprint density at radius 1 is 1.56 bits per heavy atom. The zero-order valence-corrected chi connectivity index (χ0v) is 12.3. The normalized spacial score (nSPS) is 22.6. The Kier molecular flexibility index (Phi) is 6.12. The minimum Gasteiger partial charge on any atom is -0.345 e. The van der Waals surface area contributed by atoms with E-state index in [9.17, 15) is 4.79 Å². The van der Waals surface area contributed by atoms with Crippen LogP contribution in [0.25, 0.3) is 0 Å². The minimum absolute atomic E-state index is 0. The van der Waals surface area contributed by atoms with E-state index in [0.717, 1.165) is 32.2 Å². The summed E-state index contributed by atoms with van der Waals surface area (Å²) in [6.45, 7) is 0.811. The van der Waals surface area contributed by atoms with Gasteiger partial charge in [-0.15, -0.1) is 23.7 Å². The summed E-state index contributed by atoms with van der Waals surface area (Å²) in [5.74, 6) is 0.438. The van der Waals surface area contributed by atoms with E-state index in [1.165, 1.54) is 4.88 Å². The van der Waals surface area contributed by atoms with Crippen LogP contribution in [0.3, 0.4) is 0 Å². The maximum Gasteiger partial charge on any atom is 0.225 e. The molecule has 1 heterocycles. The van der Waals surface area contributed by atoms with Gasteiger partial charge < -0.3 is 10.6 Å². The van der Waals surface area contributed by atoms with Crippen LogP contribution in [0.2, 0.25) is 0 Å². The Morgan fingerprint density at radius 2 is 2.33 bits per heavy atom. The first-order chi connectivity index (χ1) is 8.16. The second-order valence-electron chi connectivity index (χ2n) is 4.86. The molecule has 0 bridgehead atoms. The maximum atomic E-state index is 12.1. The zero-order valence-electron chi connectivity index (χ0n) is 10.7. The summed E-state index contributed by atoms with van der Waals surface area (Å²) in [5.41, 5.74) is 5.85. The smallest absolute Gasteiger partial charge is 0.225 e. The highest BCUT2D eigenvalue weighted by molar-refractivity contribution is 7.09. The van der Waals surface area contributed by atoms with Crippen LogP contribution in [0.1, 0.15) is 24.1 Å². The molecule has 102 valence electrons. The Bertz CT molecular complexity index is 369. The van der Waals surface area contributed by atoms with Crippen LogP contribution in [0.5, 0.6) is 0 Å². The molecule has 1 aromatic heterocycles. The fourth-order valence-electron chi connectivity index (χ4n) is 2.40. The number of hydrogen-bond donors (Lipinski definition) is 1. The predicted molar refractivity (Wildman–Crippen MR) is 78.2 cm³/mol. The highest BCUT2D eigenvalue weighted by Crippen LogP contribution is 2.25. The summed E-state index contributed by atoms with van der Waals surface area (Å²) >= 11 is 1.75. The van der Waals surface area contributed by atoms with Gasteiger partial charge in [-0.05, 0) is 37.1 Å². The van der Waals surface area contributed by atoms with Crippen LogP contribution >= 0.6 is 23.7 Å². The van der Waals surface area contributed by atoms with Crippen LogP contribution in [-0.4, -0.2) is 30.4 Å². The van der Waals surface area contributed by atoms with Gasteiger partial charge in [-0.1, -0.05) is 6.07 Å². The molecule has 1 aliphatic carbocycles. The van der Waals surface area contributed by atoms with E-state index < -0.39 is 0 Å². The molecule has 0 aliphatic heterocycles. The van der Waals surface area contributed by atoms with Gasteiger partial charge in [0, 0.05) is 30.4 Å². The maximum absolute atomic E-state index is 12.1. The number of likely N-dealkylation sites (N-methyl/N-ethyl adjacent to an activating group) is 1. The van der Waals surface area contributed by atoms with E-state index in [2.05, 4.69) is 17.5 Å². The van der Waals surface area contributed by atoms with Crippen molar-refractivity contribution in [2.75, 3.05) is 13.6 Å². The minimum atomic E-state index is 0. The third kappa shape index (κ3) is 3.97. The molecule has 1 aliphatic rings. The first-order valence-electron chi connectivity index (χ1n) is 6.19. The number of carbonyl (C=O) groups is 1. The van der Waals surface area contributed by atoms with Gasteiger partial charge >= 0.3 is 0 Å². The van der Waals surface area contributed by atoms with Crippen LogP contribution in [0.4, 0.5) is 0 Å². The Labute approximate surface area is 119 Å². The Hall–Kier alpha value is -0.580. The predicted octanol–water partition coefficient (Wildman–Crippen LogP) is 2.30. The summed E-state index contributed by atoms with van der Waals surface area (Å²) in [4.78, 5) is 15.3. The molecule has 1 amide bonds. The van der Waals surface area contributed by atoms with Crippen molar-refractivity contribution < 1.29 is 4.79 Å². The molecule has 5 heteroatoms. The van der Waals surface area contributed by atoms with Crippen molar-refractivity contribution in [3.8, 4) is 0 Å². The topological polar surface area (TPSA) is 46.3 Å². The number of nitrogens with two attached hydrogens (primary N) is 1. The van der Waals surface area contributed by atoms with E-state index in [-0.39, 0.29) is 30.3 Å². The van der Waals surface area contributed by atoms with Gasteiger partial charge in [0.25, 0.3) is 0 Å². The monoisotopic (exact) mass is 288 g/mol. The summed E-state index contributed by atoms with van der Waals surface area (Å²) in [6, 6.07) is 4.40. The molecule has 2 rings (SSSR count). The number of halogens is 1. The van der Waals surface area contributed by atoms with E-state index in [4.69, 9.17) is 5.73 Å². The first-order valence-corrected chi connectivity index (χ1v) is 7.07. The molecule has 3 nitrogen and oxygen atoms in total. The molecule has 1 aromatic rings. The van der Waals surface area contributed by atoms with Crippen LogP contribution in [-0.2, 0) is 11.2 Å². The molecule has 0 spiro atoms. The third-order valence-electron chi connectivity index (χ3n) is 3.47. The van der Waals surface area contributed by atoms with Gasteiger partial charge in [-0.2, -0.15) is 0 Å². The number of thiophene rings is 1. The number of nitrogens with zero attached hydrogens (tertiary/aromatic N) is 1. The number of amides is 1. The molecule has 2 N–H and O–H groups in total. The lowest BCUT2D eigenvalue weighted by molar-refractivity contribution is -0.133. The van der Waals surface area contributed by atoms with Crippen LogP contribution in [0, 0.1) is 5.92 Å². The molecule has 1 fully saturated rings. The fourth-order valence-corrected chi connectivity index (χ4v) is 3.09. The van der Waals surface area contributed by atoms with Crippen molar-refractivity contribution in [1.29, 1.82) is 0 Å². The van der Waals surface area contributed by atoms with E-state index in [1.54, 1.807) is 11.3 Å². The highest BCUT2D eigenvalue weighted by atomic mass is 35.5. The molecule has 2 unspecified atom stereocenters. The summed E-state index contributed by atoms with van der Waals surface area (Å²) < 4.78 is 0. The Balaban J connectivity index is 0.00000162. The zero-order chi connectivity index (χ0) is 12.3. The van der Waals surface area contributed by atoms with E-state index >= 15 is 0 Å². The van der Waals surface area contributed by atoms with E-state index in [0.29, 0.717) is 0 Å². The van der Waals surface area contributed by atoms with Gasteiger partial charge in [0.05, 0.1) is 0 Å².